The number of aromatic nitrogens is 1. The van der Waals surface area contributed by atoms with E-state index in [1.54, 1.807) is 0 Å². The first-order valence-corrected chi connectivity index (χ1v) is 10.6. The number of rotatable bonds is 10. The van der Waals surface area contributed by atoms with Crippen LogP contribution in [0.2, 0.25) is 0 Å². The molecule has 0 saturated carbocycles. The summed E-state index contributed by atoms with van der Waals surface area (Å²) >= 11 is 0. The van der Waals surface area contributed by atoms with Crippen LogP contribution in [0.5, 0.6) is 0 Å². The van der Waals surface area contributed by atoms with Crippen LogP contribution < -0.4 is 5.32 Å². The molecule has 0 radical (unpaired) electrons. The number of likely N-dealkylation sites (N-methyl/N-ethyl adjacent to an activating group) is 1. The van der Waals surface area contributed by atoms with Gasteiger partial charge in [-0.05, 0) is 44.6 Å². The van der Waals surface area contributed by atoms with Crippen molar-refractivity contribution < 1.29 is 9.21 Å². The first-order valence-electron chi connectivity index (χ1n) is 10.6. The Morgan fingerprint density at radius 2 is 1.77 bits per heavy atom. The van der Waals surface area contributed by atoms with Gasteiger partial charge >= 0.3 is 0 Å². The molecule has 1 N–H and O–H groups in total. The minimum atomic E-state index is -0.210. The smallest absolute Gasteiger partial charge is 0.273 e. The fourth-order valence-corrected chi connectivity index (χ4v) is 3.42. The van der Waals surface area contributed by atoms with Crippen molar-refractivity contribution in [3.05, 3.63) is 89.1 Å². The molecule has 1 heterocycles. The van der Waals surface area contributed by atoms with Gasteiger partial charge in [-0.2, -0.15) is 0 Å². The Kier molecular flexibility index (Phi) is 7.98. The third kappa shape index (κ3) is 6.51. The van der Waals surface area contributed by atoms with Crippen molar-refractivity contribution in [3.63, 3.8) is 0 Å². The molecule has 0 fully saturated rings. The molecule has 2 aromatic carbocycles. The van der Waals surface area contributed by atoms with E-state index in [9.17, 15) is 4.79 Å². The van der Waals surface area contributed by atoms with Crippen molar-refractivity contribution in [1.29, 1.82) is 0 Å². The molecule has 0 aliphatic rings. The van der Waals surface area contributed by atoms with E-state index in [0.29, 0.717) is 24.7 Å². The lowest BCUT2D eigenvalue weighted by Gasteiger charge is -2.29. The zero-order valence-corrected chi connectivity index (χ0v) is 18.8. The number of carbonyl (C=O) groups is 1. The first kappa shape index (κ1) is 22.7. The van der Waals surface area contributed by atoms with Gasteiger partial charge in [-0.1, -0.05) is 54.6 Å². The molecule has 1 aromatic heterocycles. The van der Waals surface area contributed by atoms with Crippen molar-refractivity contribution in [2.75, 3.05) is 27.2 Å². The molecule has 0 saturated heterocycles. The van der Waals surface area contributed by atoms with Gasteiger partial charge < -0.3 is 14.6 Å². The van der Waals surface area contributed by atoms with Crippen molar-refractivity contribution >= 4 is 5.91 Å². The Morgan fingerprint density at radius 1 is 1.06 bits per heavy atom. The fraction of sp³-hybridized carbons (Fsp3) is 0.360. The summed E-state index contributed by atoms with van der Waals surface area (Å²) in [5, 5.41) is 2.88. The number of aryl methyl sites for hydroxylation is 1. The number of hydrogen-bond donors (Lipinski definition) is 1. The van der Waals surface area contributed by atoms with Gasteiger partial charge in [0.2, 0.25) is 5.89 Å². The van der Waals surface area contributed by atoms with E-state index in [0.717, 1.165) is 13.1 Å². The zero-order valence-electron chi connectivity index (χ0n) is 18.8. The van der Waals surface area contributed by atoms with Gasteiger partial charge in [0.1, 0.15) is 6.26 Å². The highest BCUT2D eigenvalue weighted by molar-refractivity contribution is 5.91. The van der Waals surface area contributed by atoms with Gasteiger partial charge in [-0.3, -0.25) is 9.69 Å². The summed E-state index contributed by atoms with van der Waals surface area (Å²) in [5.41, 5.74) is 4.06. The van der Waals surface area contributed by atoms with Crippen molar-refractivity contribution in [1.82, 2.24) is 20.1 Å². The van der Waals surface area contributed by atoms with Crippen LogP contribution in [-0.2, 0) is 13.1 Å². The van der Waals surface area contributed by atoms with Crippen LogP contribution in [0, 0.1) is 6.92 Å². The third-order valence-electron chi connectivity index (χ3n) is 5.43. The maximum absolute atomic E-state index is 12.4. The van der Waals surface area contributed by atoms with Crippen LogP contribution in [0.1, 0.15) is 46.0 Å². The summed E-state index contributed by atoms with van der Waals surface area (Å²) in [4.78, 5) is 21.1. The fourth-order valence-electron chi connectivity index (χ4n) is 3.42. The molecule has 164 valence electrons. The van der Waals surface area contributed by atoms with Crippen LogP contribution in [-0.4, -0.2) is 47.9 Å². The van der Waals surface area contributed by atoms with Gasteiger partial charge in [0.05, 0.1) is 6.54 Å². The highest BCUT2D eigenvalue weighted by Crippen LogP contribution is 2.25. The molecule has 0 bridgehead atoms. The van der Waals surface area contributed by atoms with E-state index in [1.807, 2.05) is 25.1 Å². The van der Waals surface area contributed by atoms with Crippen LogP contribution >= 0.6 is 0 Å². The predicted molar refractivity (Wildman–Crippen MR) is 123 cm³/mol. The van der Waals surface area contributed by atoms with Crippen molar-refractivity contribution in [2.24, 2.45) is 0 Å². The molecule has 3 rings (SSSR count). The van der Waals surface area contributed by atoms with E-state index in [4.69, 9.17) is 4.42 Å². The summed E-state index contributed by atoms with van der Waals surface area (Å²) < 4.78 is 5.67. The van der Waals surface area contributed by atoms with E-state index >= 15 is 0 Å². The number of amides is 1. The molecule has 1 unspecified atom stereocenters. The SMILES string of the molecule is Cc1ccccc1CN(Cc1nc(C(=O)NCCN(C)C)co1)C(C)c1ccccc1. The second-order valence-electron chi connectivity index (χ2n) is 8.10. The summed E-state index contributed by atoms with van der Waals surface area (Å²) in [6.45, 7) is 6.92. The number of carbonyl (C=O) groups excluding carboxylic acids is 1. The number of hydrogen-bond acceptors (Lipinski definition) is 5. The first-order chi connectivity index (χ1) is 14.9. The Bertz CT molecular complexity index is 968. The molecule has 6 nitrogen and oxygen atoms in total. The third-order valence-corrected chi connectivity index (χ3v) is 5.43. The average Bonchev–Trinajstić information content (AvgIpc) is 3.23. The van der Waals surface area contributed by atoms with E-state index in [2.05, 4.69) is 77.6 Å². The van der Waals surface area contributed by atoms with Crippen LogP contribution in [0.4, 0.5) is 0 Å². The Morgan fingerprint density at radius 3 is 2.48 bits per heavy atom. The molecule has 31 heavy (non-hydrogen) atoms. The van der Waals surface area contributed by atoms with Gasteiger partial charge in [-0.15, -0.1) is 0 Å². The van der Waals surface area contributed by atoms with Gasteiger partial charge in [-0.25, -0.2) is 4.98 Å². The number of oxazole rings is 1. The second-order valence-corrected chi connectivity index (χ2v) is 8.10. The number of nitrogens with zero attached hydrogens (tertiary/aromatic N) is 3. The summed E-state index contributed by atoms with van der Waals surface area (Å²) in [6, 6.07) is 19.0. The van der Waals surface area contributed by atoms with Crippen molar-refractivity contribution in [2.45, 2.75) is 33.0 Å². The average molecular weight is 421 g/mol. The molecule has 1 amide bonds. The molecule has 3 aromatic rings. The Labute approximate surface area is 184 Å². The summed E-state index contributed by atoms with van der Waals surface area (Å²) in [6.07, 6.45) is 1.44. The highest BCUT2D eigenvalue weighted by Gasteiger charge is 2.21. The standard InChI is InChI=1S/C25H32N4O2/c1-19-10-8-9-13-22(19)16-29(20(2)21-11-6-5-7-12-21)17-24-27-23(18-31-24)25(30)26-14-15-28(3)4/h5-13,18,20H,14-17H2,1-4H3,(H,26,30). The lowest BCUT2D eigenvalue weighted by Crippen LogP contribution is -2.31. The number of benzene rings is 2. The summed E-state index contributed by atoms with van der Waals surface area (Å²) in [7, 11) is 3.94. The Balaban J connectivity index is 1.75. The molecular formula is C25H32N4O2. The van der Waals surface area contributed by atoms with E-state index in [-0.39, 0.29) is 11.9 Å². The van der Waals surface area contributed by atoms with Crippen molar-refractivity contribution in [3.8, 4) is 0 Å². The largest absolute Gasteiger partial charge is 0.447 e. The van der Waals surface area contributed by atoms with Gasteiger partial charge in [0.25, 0.3) is 5.91 Å². The number of nitrogens with one attached hydrogen (secondary N) is 1. The highest BCUT2D eigenvalue weighted by atomic mass is 16.3. The minimum absolute atomic E-state index is 0.157. The molecule has 0 spiro atoms. The molecule has 1 atom stereocenters. The molecule has 6 heteroatoms. The predicted octanol–water partition coefficient (Wildman–Crippen LogP) is 4.04. The van der Waals surface area contributed by atoms with Crippen LogP contribution in [0.25, 0.3) is 0 Å². The van der Waals surface area contributed by atoms with Crippen LogP contribution in [0.3, 0.4) is 0 Å². The molecule has 0 aliphatic carbocycles. The lowest BCUT2D eigenvalue weighted by molar-refractivity contribution is 0.0946. The van der Waals surface area contributed by atoms with E-state index in [1.165, 1.54) is 23.0 Å². The maximum atomic E-state index is 12.4. The van der Waals surface area contributed by atoms with E-state index < -0.39 is 0 Å². The molecular weight excluding hydrogens is 388 g/mol. The summed E-state index contributed by atoms with van der Waals surface area (Å²) in [5.74, 6) is 0.326. The topological polar surface area (TPSA) is 61.6 Å². The zero-order chi connectivity index (χ0) is 22.2. The van der Waals surface area contributed by atoms with Crippen LogP contribution in [0.15, 0.2) is 65.3 Å². The quantitative estimate of drug-likeness (QED) is 0.536. The minimum Gasteiger partial charge on any atom is -0.447 e. The monoisotopic (exact) mass is 420 g/mol. The second kappa shape index (κ2) is 10.9. The lowest BCUT2D eigenvalue weighted by atomic mass is 10.0. The maximum Gasteiger partial charge on any atom is 0.273 e. The van der Waals surface area contributed by atoms with Gasteiger partial charge in [0.15, 0.2) is 5.69 Å². The van der Waals surface area contributed by atoms with Gasteiger partial charge in [0, 0.05) is 25.7 Å². The molecule has 0 aliphatic heterocycles. The normalized spacial score (nSPS) is 12.3. The Hall–Kier alpha value is -2.96.